The number of piperazine rings is 1. The molecule has 1 fully saturated rings. The first-order chi connectivity index (χ1) is 14.1. The molecule has 0 aliphatic carbocycles. The van der Waals surface area contributed by atoms with Gasteiger partial charge in [0.25, 0.3) is 5.69 Å². The Morgan fingerprint density at radius 3 is 2.52 bits per heavy atom. The van der Waals surface area contributed by atoms with Crippen molar-refractivity contribution in [2.75, 3.05) is 26.2 Å². The second-order valence-corrected chi connectivity index (χ2v) is 7.36. The number of hydrogen-bond donors (Lipinski definition) is 0. The van der Waals surface area contributed by atoms with E-state index >= 15 is 0 Å². The highest BCUT2D eigenvalue weighted by molar-refractivity contribution is 5.99. The Labute approximate surface area is 170 Å². The van der Waals surface area contributed by atoms with Gasteiger partial charge in [-0.15, -0.1) is 0 Å². The maximum Gasteiger partial charge on any atom is 0.270 e. The second-order valence-electron chi connectivity index (χ2n) is 7.36. The van der Waals surface area contributed by atoms with Crippen LogP contribution in [0, 0.1) is 10.1 Å². The molecule has 0 amide bonds. The molecule has 0 N–H and O–H groups in total. The molecule has 0 atom stereocenters. The van der Waals surface area contributed by atoms with Gasteiger partial charge < -0.3 is 0 Å². The molecule has 1 heterocycles. The molecular formula is C23H24N4O2. The molecule has 0 spiro atoms. The largest absolute Gasteiger partial charge is 0.295 e. The van der Waals surface area contributed by atoms with E-state index in [4.69, 9.17) is 5.10 Å². The number of nitrogens with zero attached hydrogens (tertiary/aromatic N) is 4. The van der Waals surface area contributed by atoms with Crippen molar-refractivity contribution in [3.8, 4) is 0 Å². The lowest BCUT2D eigenvalue weighted by Gasteiger charge is -2.33. The normalized spacial score (nSPS) is 15.6. The van der Waals surface area contributed by atoms with Crippen LogP contribution in [-0.4, -0.2) is 46.7 Å². The third-order valence-electron chi connectivity index (χ3n) is 5.39. The van der Waals surface area contributed by atoms with Crippen molar-refractivity contribution in [1.29, 1.82) is 0 Å². The van der Waals surface area contributed by atoms with Crippen LogP contribution in [0.25, 0.3) is 10.8 Å². The van der Waals surface area contributed by atoms with E-state index in [0.29, 0.717) is 0 Å². The summed E-state index contributed by atoms with van der Waals surface area (Å²) in [6.07, 6.45) is 0. The lowest BCUT2D eigenvalue weighted by atomic mass is 10.0. The number of hydrogen-bond acceptors (Lipinski definition) is 5. The van der Waals surface area contributed by atoms with Gasteiger partial charge in [-0.3, -0.25) is 20.0 Å². The van der Waals surface area contributed by atoms with Gasteiger partial charge in [0.1, 0.15) is 0 Å². The molecule has 6 heteroatoms. The molecule has 0 unspecified atom stereocenters. The molecule has 1 aliphatic heterocycles. The van der Waals surface area contributed by atoms with Gasteiger partial charge in [-0.1, -0.05) is 54.6 Å². The minimum atomic E-state index is -0.372. The van der Waals surface area contributed by atoms with E-state index in [1.54, 1.807) is 12.1 Å². The predicted octanol–water partition coefficient (Wildman–Crippen LogP) is 4.29. The summed E-state index contributed by atoms with van der Waals surface area (Å²) in [4.78, 5) is 13.1. The molecule has 0 radical (unpaired) electrons. The number of nitro groups is 1. The Hall–Kier alpha value is -3.25. The number of hydrazone groups is 1. The van der Waals surface area contributed by atoms with Crippen LogP contribution in [0.5, 0.6) is 0 Å². The fraction of sp³-hybridized carbons (Fsp3) is 0.261. The SMILES string of the molecule is C/C(=N/N1CCN(Cc2cccc3ccccc23)CC1)c1cccc([N+](=O)[O-])c1. The molecule has 4 rings (SSSR count). The van der Waals surface area contributed by atoms with Crippen LogP contribution in [0.15, 0.2) is 71.8 Å². The highest BCUT2D eigenvalue weighted by atomic mass is 16.6. The molecule has 1 saturated heterocycles. The summed E-state index contributed by atoms with van der Waals surface area (Å²) in [5.74, 6) is 0. The lowest BCUT2D eigenvalue weighted by Crippen LogP contribution is -2.43. The Bertz CT molecular complexity index is 1050. The Kier molecular flexibility index (Phi) is 5.53. The summed E-state index contributed by atoms with van der Waals surface area (Å²) in [6, 6.07) is 21.6. The Morgan fingerprint density at radius 2 is 1.72 bits per heavy atom. The highest BCUT2D eigenvalue weighted by Gasteiger charge is 2.17. The van der Waals surface area contributed by atoms with Crippen molar-refractivity contribution < 1.29 is 4.92 Å². The standard InChI is InChI=1S/C23H24N4O2/c1-18(20-8-5-10-22(16-20)27(28)29)24-26-14-12-25(13-15-26)17-21-9-4-7-19-6-2-3-11-23(19)21/h2-11,16H,12-15,17H2,1H3/b24-18-. The van der Waals surface area contributed by atoms with Crippen LogP contribution < -0.4 is 0 Å². The minimum Gasteiger partial charge on any atom is -0.295 e. The average molecular weight is 388 g/mol. The van der Waals surface area contributed by atoms with E-state index in [0.717, 1.165) is 44.0 Å². The average Bonchev–Trinajstić information content (AvgIpc) is 2.75. The van der Waals surface area contributed by atoms with E-state index in [2.05, 4.69) is 52.4 Å². The molecule has 1 aliphatic rings. The van der Waals surface area contributed by atoms with E-state index in [9.17, 15) is 10.1 Å². The summed E-state index contributed by atoms with van der Waals surface area (Å²) in [5, 5.41) is 20.3. The maximum atomic E-state index is 11.0. The third kappa shape index (κ3) is 4.43. The quantitative estimate of drug-likeness (QED) is 0.372. The van der Waals surface area contributed by atoms with Gasteiger partial charge in [0.15, 0.2) is 0 Å². The van der Waals surface area contributed by atoms with Gasteiger partial charge in [-0.2, -0.15) is 5.10 Å². The van der Waals surface area contributed by atoms with E-state index in [1.807, 2.05) is 13.0 Å². The lowest BCUT2D eigenvalue weighted by molar-refractivity contribution is -0.384. The van der Waals surface area contributed by atoms with E-state index in [-0.39, 0.29) is 10.6 Å². The van der Waals surface area contributed by atoms with Crippen molar-refractivity contribution in [1.82, 2.24) is 9.91 Å². The zero-order valence-corrected chi connectivity index (χ0v) is 16.5. The number of benzene rings is 3. The van der Waals surface area contributed by atoms with Gasteiger partial charge in [0.2, 0.25) is 0 Å². The number of rotatable bonds is 5. The smallest absolute Gasteiger partial charge is 0.270 e. The fourth-order valence-corrected chi connectivity index (χ4v) is 3.78. The zero-order valence-electron chi connectivity index (χ0n) is 16.5. The van der Waals surface area contributed by atoms with Crippen molar-refractivity contribution in [3.05, 3.63) is 88.0 Å². The molecular weight excluding hydrogens is 364 g/mol. The molecule has 29 heavy (non-hydrogen) atoms. The van der Waals surface area contributed by atoms with Crippen molar-refractivity contribution in [3.63, 3.8) is 0 Å². The van der Waals surface area contributed by atoms with Crippen LogP contribution in [0.2, 0.25) is 0 Å². The molecule has 0 bridgehead atoms. The van der Waals surface area contributed by atoms with Crippen LogP contribution >= 0.6 is 0 Å². The van der Waals surface area contributed by atoms with Crippen LogP contribution in [-0.2, 0) is 6.54 Å². The number of non-ortho nitro benzene ring substituents is 1. The molecule has 3 aromatic carbocycles. The summed E-state index contributed by atoms with van der Waals surface area (Å²) in [7, 11) is 0. The summed E-state index contributed by atoms with van der Waals surface area (Å²) >= 11 is 0. The van der Waals surface area contributed by atoms with Gasteiger partial charge in [-0.25, -0.2) is 0 Å². The van der Waals surface area contributed by atoms with Crippen LogP contribution in [0.1, 0.15) is 18.1 Å². The Morgan fingerprint density at radius 1 is 1.00 bits per heavy atom. The summed E-state index contributed by atoms with van der Waals surface area (Å²) in [6.45, 7) is 6.41. The molecule has 6 nitrogen and oxygen atoms in total. The van der Waals surface area contributed by atoms with E-state index in [1.165, 1.54) is 22.4 Å². The first-order valence-electron chi connectivity index (χ1n) is 9.84. The van der Waals surface area contributed by atoms with Crippen LogP contribution in [0.4, 0.5) is 5.69 Å². The predicted molar refractivity (Wildman–Crippen MR) is 116 cm³/mol. The maximum absolute atomic E-state index is 11.0. The van der Waals surface area contributed by atoms with Crippen molar-refractivity contribution >= 4 is 22.2 Å². The first-order valence-corrected chi connectivity index (χ1v) is 9.84. The summed E-state index contributed by atoms with van der Waals surface area (Å²) in [5.41, 5.74) is 3.04. The second kappa shape index (κ2) is 8.41. The topological polar surface area (TPSA) is 62.0 Å². The number of nitro benzene ring substituents is 1. The van der Waals surface area contributed by atoms with E-state index < -0.39 is 0 Å². The molecule has 0 saturated carbocycles. The van der Waals surface area contributed by atoms with Gasteiger partial charge in [0.05, 0.1) is 10.6 Å². The molecule has 0 aromatic heterocycles. The van der Waals surface area contributed by atoms with Gasteiger partial charge in [0, 0.05) is 50.4 Å². The van der Waals surface area contributed by atoms with Crippen molar-refractivity contribution in [2.24, 2.45) is 5.10 Å². The van der Waals surface area contributed by atoms with Crippen LogP contribution in [0.3, 0.4) is 0 Å². The first kappa shape index (κ1) is 19.1. The van der Waals surface area contributed by atoms with Gasteiger partial charge >= 0.3 is 0 Å². The monoisotopic (exact) mass is 388 g/mol. The van der Waals surface area contributed by atoms with Gasteiger partial charge in [-0.05, 0) is 23.3 Å². The Balaban J connectivity index is 1.40. The number of fused-ring (bicyclic) bond motifs is 1. The molecule has 3 aromatic rings. The third-order valence-corrected chi connectivity index (χ3v) is 5.39. The minimum absolute atomic E-state index is 0.0944. The highest BCUT2D eigenvalue weighted by Crippen LogP contribution is 2.21. The zero-order chi connectivity index (χ0) is 20.2. The summed E-state index contributed by atoms with van der Waals surface area (Å²) < 4.78 is 0. The molecule has 148 valence electrons. The fourth-order valence-electron chi connectivity index (χ4n) is 3.78. The van der Waals surface area contributed by atoms with Crippen molar-refractivity contribution in [2.45, 2.75) is 13.5 Å².